The van der Waals surface area contributed by atoms with Gasteiger partial charge in [-0.15, -0.1) is 0 Å². The van der Waals surface area contributed by atoms with Crippen LogP contribution in [0.3, 0.4) is 0 Å². The van der Waals surface area contributed by atoms with Gasteiger partial charge in [-0.1, -0.05) is 15.9 Å². The largest absolute Gasteiger partial charge is 0.495 e. The maximum Gasteiger partial charge on any atom is 0.185 e. The highest BCUT2D eigenvalue weighted by Crippen LogP contribution is 2.34. The van der Waals surface area contributed by atoms with Gasteiger partial charge in [0.05, 0.1) is 12.4 Å². The molecule has 0 bridgehead atoms. The number of methoxy groups -OCH3 is 1. The van der Waals surface area contributed by atoms with E-state index in [0.717, 1.165) is 0 Å². The van der Waals surface area contributed by atoms with E-state index in [1.807, 2.05) is 0 Å². The molecular weight excluding hydrogens is 320 g/mol. The lowest BCUT2D eigenvalue weighted by molar-refractivity contribution is -0.117. The molecule has 0 amide bonds. The Bertz CT molecular complexity index is 580. The summed E-state index contributed by atoms with van der Waals surface area (Å²) >= 11 is 3.25. The third-order valence-electron chi connectivity index (χ3n) is 3.07. The van der Waals surface area contributed by atoms with E-state index in [0.29, 0.717) is 23.1 Å². The molecule has 18 heavy (non-hydrogen) atoms. The molecule has 1 aromatic rings. The number of rotatable bonds is 3. The van der Waals surface area contributed by atoms with Gasteiger partial charge >= 0.3 is 0 Å². The van der Waals surface area contributed by atoms with E-state index < -0.39 is 15.1 Å². The second-order valence-corrected chi connectivity index (χ2v) is 7.36. The molecule has 1 unspecified atom stereocenters. The first-order valence-electron chi connectivity index (χ1n) is 5.54. The van der Waals surface area contributed by atoms with Crippen molar-refractivity contribution in [3.63, 3.8) is 0 Å². The molecule has 0 N–H and O–H groups in total. The Hall–Kier alpha value is -0.880. The molecule has 0 spiro atoms. The zero-order chi connectivity index (χ0) is 13.3. The maximum atomic E-state index is 12.5. The number of hydrogen-bond acceptors (Lipinski definition) is 4. The van der Waals surface area contributed by atoms with Crippen molar-refractivity contribution < 1.29 is 17.9 Å². The molecule has 0 radical (unpaired) electrons. The summed E-state index contributed by atoms with van der Waals surface area (Å²) in [6, 6.07) is 4.85. The van der Waals surface area contributed by atoms with Crippen molar-refractivity contribution in [2.75, 3.05) is 7.11 Å². The van der Waals surface area contributed by atoms with Gasteiger partial charge in [0.25, 0.3) is 0 Å². The van der Waals surface area contributed by atoms with Crippen molar-refractivity contribution in [3.8, 4) is 5.75 Å². The van der Waals surface area contributed by atoms with Crippen LogP contribution in [-0.2, 0) is 14.6 Å². The van der Waals surface area contributed by atoms with Crippen LogP contribution >= 0.6 is 15.9 Å². The fraction of sp³-hybridized carbons (Fsp3) is 0.417. The lowest BCUT2D eigenvalue weighted by atomic mass is 10.3. The minimum absolute atomic E-state index is 0.0116. The fourth-order valence-corrected chi connectivity index (χ4v) is 4.53. The van der Waals surface area contributed by atoms with E-state index in [1.165, 1.54) is 13.2 Å². The number of hydrogen-bond donors (Lipinski definition) is 0. The zero-order valence-corrected chi connectivity index (χ0v) is 12.3. The van der Waals surface area contributed by atoms with E-state index in [-0.39, 0.29) is 17.1 Å². The number of sulfone groups is 1. The Morgan fingerprint density at radius 3 is 2.67 bits per heavy atom. The monoisotopic (exact) mass is 332 g/mol. The van der Waals surface area contributed by atoms with Crippen molar-refractivity contribution in [1.82, 2.24) is 0 Å². The van der Waals surface area contributed by atoms with Crippen LogP contribution in [0, 0.1) is 0 Å². The first-order valence-corrected chi connectivity index (χ1v) is 7.88. The van der Waals surface area contributed by atoms with E-state index in [1.54, 1.807) is 12.1 Å². The summed E-state index contributed by atoms with van der Waals surface area (Å²) in [7, 11) is -2.08. The van der Waals surface area contributed by atoms with Crippen molar-refractivity contribution in [1.29, 1.82) is 0 Å². The van der Waals surface area contributed by atoms with Gasteiger partial charge in [0.2, 0.25) is 0 Å². The van der Waals surface area contributed by atoms with Gasteiger partial charge in [0.15, 0.2) is 9.84 Å². The van der Waals surface area contributed by atoms with Gasteiger partial charge in [-0.25, -0.2) is 8.42 Å². The van der Waals surface area contributed by atoms with Crippen LogP contribution in [0.15, 0.2) is 27.6 Å². The smallest absolute Gasteiger partial charge is 0.185 e. The predicted octanol–water partition coefficient (Wildman–Crippen LogP) is 2.35. The average molecular weight is 333 g/mol. The lowest BCUT2D eigenvalue weighted by Crippen LogP contribution is -2.19. The van der Waals surface area contributed by atoms with Gasteiger partial charge in [-0.2, -0.15) is 0 Å². The summed E-state index contributed by atoms with van der Waals surface area (Å²) in [5, 5.41) is -0.617. The second-order valence-electron chi connectivity index (χ2n) is 4.24. The summed E-state index contributed by atoms with van der Waals surface area (Å²) in [4.78, 5) is 11.4. The summed E-state index contributed by atoms with van der Waals surface area (Å²) < 4.78 is 30.7. The molecule has 4 nitrogen and oxygen atoms in total. The Kier molecular flexibility index (Phi) is 3.77. The Balaban J connectivity index is 2.47. The molecular formula is C12H13BrO4S. The number of halogens is 1. The van der Waals surface area contributed by atoms with E-state index in [2.05, 4.69) is 15.9 Å². The lowest BCUT2D eigenvalue weighted by Gasteiger charge is -2.14. The van der Waals surface area contributed by atoms with Crippen LogP contribution in [0.25, 0.3) is 0 Å². The summed E-state index contributed by atoms with van der Waals surface area (Å²) in [6.45, 7) is 0. The van der Waals surface area contributed by atoms with Gasteiger partial charge < -0.3 is 4.74 Å². The Morgan fingerprint density at radius 1 is 1.39 bits per heavy atom. The van der Waals surface area contributed by atoms with E-state index >= 15 is 0 Å². The molecule has 98 valence electrons. The van der Waals surface area contributed by atoms with Crippen molar-refractivity contribution >= 4 is 31.6 Å². The van der Waals surface area contributed by atoms with Crippen LogP contribution in [0.1, 0.15) is 19.3 Å². The zero-order valence-electron chi connectivity index (χ0n) is 9.85. The first kappa shape index (κ1) is 13.5. The molecule has 0 aliphatic heterocycles. The Morgan fingerprint density at radius 2 is 2.11 bits per heavy atom. The molecule has 1 aromatic carbocycles. The molecule has 1 aliphatic carbocycles. The molecule has 1 aliphatic rings. The van der Waals surface area contributed by atoms with Crippen LogP contribution in [0.2, 0.25) is 0 Å². The number of carbonyl (C=O) groups is 1. The van der Waals surface area contributed by atoms with Crippen LogP contribution in [0.5, 0.6) is 5.75 Å². The molecule has 1 atom stereocenters. The maximum absolute atomic E-state index is 12.5. The average Bonchev–Trinajstić information content (AvgIpc) is 2.76. The second kappa shape index (κ2) is 5.01. The van der Waals surface area contributed by atoms with Crippen LogP contribution < -0.4 is 4.74 Å². The van der Waals surface area contributed by atoms with Crippen molar-refractivity contribution in [2.24, 2.45) is 0 Å². The molecule has 0 heterocycles. The van der Waals surface area contributed by atoms with Gasteiger partial charge in [0.1, 0.15) is 16.4 Å². The third-order valence-corrected chi connectivity index (χ3v) is 5.78. The van der Waals surface area contributed by atoms with Crippen molar-refractivity contribution in [3.05, 3.63) is 22.7 Å². The minimum atomic E-state index is -3.51. The van der Waals surface area contributed by atoms with Crippen LogP contribution in [-0.4, -0.2) is 26.6 Å². The number of ketones is 1. The minimum Gasteiger partial charge on any atom is -0.495 e. The highest BCUT2D eigenvalue weighted by Gasteiger charge is 2.36. The quantitative estimate of drug-likeness (QED) is 0.852. The molecule has 0 aromatic heterocycles. The molecule has 2 rings (SSSR count). The van der Waals surface area contributed by atoms with Crippen LogP contribution in [0.4, 0.5) is 0 Å². The normalized spacial score (nSPS) is 20.1. The predicted molar refractivity (Wildman–Crippen MR) is 70.5 cm³/mol. The Labute approximate surface area is 114 Å². The number of ether oxygens (including phenoxy) is 1. The SMILES string of the molecule is COc1ccc(Br)cc1S(=O)(=O)C1CCC(=O)C1. The van der Waals surface area contributed by atoms with Gasteiger partial charge in [0, 0.05) is 17.3 Å². The van der Waals surface area contributed by atoms with E-state index in [9.17, 15) is 13.2 Å². The first-order chi connectivity index (χ1) is 8.45. The molecule has 1 saturated carbocycles. The summed E-state index contributed by atoms with van der Waals surface area (Å²) in [5.41, 5.74) is 0. The van der Waals surface area contributed by atoms with Gasteiger partial charge in [-0.05, 0) is 24.6 Å². The number of carbonyl (C=O) groups excluding carboxylic acids is 1. The summed E-state index contributed by atoms with van der Waals surface area (Å²) in [5.74, 6) is 0.329. The topological polar surface area (TPSA) is 60.4 Å². The van der Waals surface area contributed by atoms with Gasteiger partial charge in [-0.3, -0.25) is 4.79 Å². The summed E-state index contributed by atoms with van der Waals surface area (Å²) in [6.07, 6.45) is 0.856. The fourth-order valence-electron chi connectivity index (χ4n) is 2.10. The molecule has 0 saturated heterocycles. The third kappa shape index (κ3) is 2.44. The highest BCUT2D eigenvalue weighted by molar-refractivity contribution is 9.10. The highest BCUT2D eigenvalue weighted by atomic mass is 79.9. The van der Waals surface area contributed by atoms with Crippen molar-refractivity contribution in [2.45, 2.75) is 29.4 Å². The number of Topliss-reactive ketones (excluding diaryl/α,β-unsaturated/α-hetero) is 1. The number of benzene rings is 1. The van der Waals surface area contributed by atoms with E-state index in [4.69, 9.17) is 4.74 Å². The molecule has 6 heteroatoms. The molecule has 1 fully saturated rings. The standard InChI is InChI=1S/C12H13BrO4S/c1-17-11-5-2-8(13)6-12(11)18(15,16)10-4-3-9(14)7-10/h2,5-6,10H,3-4,7H2,1H3.